The summed E-state index contributed by atoms with van der Waals surface area (Å²) in [5.41, 5.74) is 3.58. The van der Waals surface area contributed by atoms with Gasteiger partial charge in [0, 0.05) is 58.9 Å². The van der Waals surface area contributed by atoms with Crippen molar-refractivity contribution in [1.29, 1.82) is 0 Å². The van der Waals surface area contributed by atoms with Gasteiger partial charge in [0.25, 0.3) is 0 Å². The zero-order valence-electron chi connectivity index (χ0n) is 19.3. The summed E-state index contributed by atoms with van der Waals surface area (Å²) in [6.45, 7) is 4.76. The molecule has 6 nitrogen and oxygen atoms in total. The van der Waals surface area contributed by atoms with Crippen LogP contribution in [0.1, 0.15) is 23.6 Å². The van der Waals surface area contributed by atoms with E-state index in [1.165, 1.54) is 11.3 Å². The molecule has 1 saturated heterocycles. The van der Waals surface area contributed by atoms with Gasteiger partial charge in [-0.25, -0.2) is 0 Å². The molecule has 1 atom stereocenters. The molecule has 168 valence electrons. The Morgan fingerprint density at radius 3 is 2.26 bits per heavy atom. The molecule has 1 aliphatic heterocycles. The van der Waals surface area contributed by atoms with Gasteiger partial charge in [0.05, 0.1) is 13.2 Å². The van der Waals surface area contributed by atoms with Crippen molar-refractivity contribution in [1.82, 2.24) is 15.1 Å². The summed E-state index contributed by atoms with van der Waals surface area (Å²) in [5.74, 6) is 0.934. The fraction of sp³-hybridized carbons (Fsp3) is 0.480. The van der Waals surface area contributed by atoms with Crippen LogP contribution in [0.25, 0.3) is 0 Å². The number of amides is 1. The number of rotatable bonds is 9. The number of nitrogens with zero attached hydrogens (tertiary/aromatic N) is 3. The van der Waals surface area contributed by atoms with Crippen molar-refractivity contribution < 1.29 is 9.53 Å². The Labute approximate surface area is 186 Å². The van der Waals surface area contributed by atoms with Crippen LogP contribution in [0.4, 0.5) is 5.69 Å². The average molecular weight is 425 g/mol. The van der Waals surface area contributed by atoms with Gasteiger partial charge in [0.1, 0.15) is 5.75 Å². The molecule has 6 heteroatoms. The highest BCUT2D eigenvalue weighted by atomic mass is 16.5. The minimum Gasteiger partial charge on any atom is -0.497 e. The number of likely N-dealkylation sites (N-methyl/N-ethyl adjacent to an activating group) is 1. The Hall–Kier alpha value is -2.57. The first-order chi connectivity index (χ1) is 15.0. The molecule has 1 heterocycles. The second-order valence-electron chi connectivity index (χ2n) is 8.49. The first-order valence-electron chi connectivity index (χ1n) is 11.1. The second kappa shape index (κ2) is 11.2. The standard InChI is InChI=1S/C25H36N4O2/c1-27(2)22-10-8-21(9-11-22)24(29-17-15-28(3)16-18-29)19-26-25(30)14-7-20-5-12-23(31-4)13-6-20/h5-6,8-13,24H,7,14-19H2,1-4H3,(H,26,30). The van der Waals surface area contributed by atoms with Gasteiger partial charge in [0.2, 0.25) is 5.91 Å². The first-order valence-corrected chi connectivity index (χ1v) is 11.1. The number of aryl methyl sites for hydroxylation is 1. The van der Waals surface area contributed by atoms with E-state index in [1.54, 1.807) is 7.11 Å². The van der Waals surface area contributed by atoms with E-state index in [9.17, 15) is 4.79 Å². The molecule has 0 saturated carbocycles. The van der Waals surface area contributed by atoms with Crippen molar-refractivity contribution in [2.24, 2.45) is 0 Å². The van der Waals surface area contributed by atoms with Gasteiger partial charge in [-0.2, -0.15) is 0 Å². The normalized spacial score (nSPS) is 16.0. The van der Waals surface area contributed by atoms with Crippen LogP contribution in [0.5, 0.6) is 5.75 Å². The summed E-state index contributed by atoms with van der Waals surface area (Å²) in [4.78, 5) is 19.5. The smallest absolute Gasteiger partial charge is 0.220 e. The van der Waals surface area contributed by atoms with Crippen LogP contribution in [-0.2, 0) is 11.2 Å². The minimum atomic E-state index is 0.0971. The van der Waals surface area contributed by atoms with Crippen LogP contribution in [0, 0.1) is 0 Å². The molecule has 2 aromatic rings. The van der Waals surface area contributed by atoms with Gasteiger partial charge >= 0.3 is 0 Å². The Morgan fingerprint density at radius 1 is 1.03 bits per heavy atom. The SMILES string of the molecule is COc1ccc(CCC(=O)NCC(c2ccc(N(C)C)cc2)N2CCN(C)CC2)cc1. The maximum absolute atomic E-state index is 12.6. The monoisotopic (exact) mass is 424 g/mol. The van der Waals surface area contributed by atoms with Crippen molar-refractivity contribution in [3.05, 3.63) is 59.7 Å². The molecule has 0 radical (unpaired) electrons. The lowest BCUT2D eigenvalue weighted by molar-refractivity contribution is -0.121. The van der Waals surface area contributed by atoms with E-state index < -0.39 is 0 Å². The van der Waals surface area contributed by atoms with Crippen LogP contribution in [-0.4, -0.2) is 76.7 Å². The molecular formula is C25H36N4O2. The molecular weight excluding hydrogens is 388 g/mol. The third-order valence-electron chi connectivity index (χ3n) is 6.07. The Bertz CT molecular complexity index is 812. The van der Waals surface area contributed by atoms with Crippen LogP contribution in [0.15, 0.2) is 48.5 Å². The quantitative estimate of drug-likeness (QED) is 0.671. The number of ether oxygens (including phenoxy) is 1. The predicted molar refractivity (Wildman–Crippen MR) is 127 cm³/mol. The van der Waals surface area contributed by atoms with Gasteiger partial charge in [0.15, 0.2) is 0 Å². The molecule has 1 N–H and O–H groups in total. The van der Waals surface area contributed by atoms with Gasteiger partial charge in [-0.1, -0.05) is 24.3 Å². The summed E-state index contributed by atoms with van der Waals surface area (Å²) in [6, 6.07) is 16.8. The number of methoxy groups -OCH3 is 1. The maximum atomic E-state index is 12.6. The topological polar surface area (TPSA) is 48.1 Å². The number of carbonyl (C=O) groups is 1. The van der Waals surface area contributed by atoms with Crippen molar-refractivity contribution in [2.75, 3.05) is 65.9 Å². The lowest BCUT2D eigenvalue weighted by Gasteiger charge is -2.38. The Morgan fingerprint density at radius 2 is 1.68 bits per heavy atom. The molecule has 1 fully saturated rings. The maximum Gasteiger partial charge on any atom is 0.220 e. The molecule has 3 rings (SSSR count). The van der Waals surface area contributed by atoms with Gasteiger partial charge in [-0.3, -0.25) is 9.69 Å². The van der Waals surface area contributed by atoms with Crippen LogP contribution in [0.2, 0.25) is 0 Å². The first kappa shape index (κ1) is 23.1. The summed E-state index contributed by atoms with van der Waals surface area (Å²) in [7, 11) is 7.93. The van der Waals surface area contributed by atoms with Gasteiger partial charge in [-0.15, -0.1) is 0 Å². The fourth-order valence-electron chi connectivity index (χ4n) is 3.93. The van der Waals surface area contributed by atoms with E-state index in [0.717, 1.165) is 43.9 Å². The zero-order chi connectivity index (χ0) is 22.2. The Kier molecular flexibility index (Phi) is 8.32. The number of piperazine rings is 1. The highest BCUT2D eigenvalue weighted by molar-refractivity contribution is 5.76. The number of hydrogen-bond donors (Lipinski definition) is 1. The van der Waals surface area contributed by atoms with Gasteiger partial charge in [-0.05, 0) is 48.9 Å². The third kappa shape index (κ3) is 6.71. The summed E-state index contributed by atoms with van der Waals surface area (Å²) < 4.78 is 5.20. The van der Waals surface area contributed by atoms with E-state index in [4.69, 9.17) is 4.74 Å². The molecule has 0 spiro atoms. The lowest BCUT2D eigenvalue weighted by Crippen LogP contribution is -2.48. The van der Waals surface area contributed by atoms with E-state index in [0.29, 0.717) is 13.0 Å². The highest BCUT2D eigenvalue weighted by Crippen LogP contribution is 2.24. The predicted octanol–water partition coefficient (Wildman–Crippen LogP) is 2.80. The average Bonchev–Trinajstić information content (AvgIpc) is 2.79. The molecule has 1 amide bonds. The van der Waals surface area contributed by atoms with Crippen molar-refractivity contribution in [2.45, 2.75) is 18.9 Å². The van der Waals surface area contributed by atoms with E-state index >= 15 is 0 Å². The largest absolute Gasteiger partial charge is 0.497 e. The van der Waals surface area contributed by atoms with Gasteiger partial charge < -0.3 is 19.9 Å². The second-order valence-corrected chi connectivity index (χ2v) is 8.49. The third-order valence-corrected chi connectivity index (χ3v) is 6.07. The minimum absolute atomic E-state index is 0.0971. The number of anilines is 1. The van der Waals surface area contributed by atoms with Crippen molar-refractivity contribution >= 4 is 11.6 Å². The number of hydrogen-bond acceptors (Lipinski definition) is 5. The number of nitrogens with one attached hydrogen (secondary N) is 1. The molecule has 0 bridgehead atoms. The fourth-order valence-corrected chi connectivity index (χ4v) is 3.93. The molecule has 2 aromatic carbocycles. The molecule has 31 heavy (non-hydrogen) atoms. The number of carbonyl (C=O) groups excluding carboxylic acids is 1. The van der Waals surface area contributed by atoms with Crippen LogP contribution >= 0.6 is 0 Å². The molecule has 0 aliphatic carbocycles. The summed E-state index contributed by atoms with van der Waals surface area (Å²) in [6.07, 6.45) is 1.22. The molecule has 0 aromatic heterocycles. The van der Waals surface area contributed by atoms with E-state index in [2.05, 4.69) is 65.4 Å². The highest BCUT2D eigenvalue weighted by Gasteiger charge is 2.24. The van der Waals surface area contributed by atoms with Crippen LogP contribution < -0.4 is 15.0 Å². The summed E-state index contributed by atoms with van der Waals surface area (Å²) in [5, 5.41) is 3.19. The molecule has 1 aliphatic rings. The summed E-state index contributed by atoms with van der Waals surface area (Å²) >= 11 is 0. The van der Waals surface area contributed by atoms with Crippen LogP contribution in [0.3, 0.4) is 0 Å². The van der Waals surface area contributed by atoms with Crippen molar-refractivity contribution in [3.63, 3.8) is 0 Å². The zero-order valence-corrected chi connectivity index (χ0v) is 19.3. The van der Waals surface area contributed by atoms with E-state index in [-0.39, 0.29) is 11.9 Å². The lowest BCUT2D eigenvalue weighted by atomic mass is 10.0. The van der Waals surface area contributed by atoms with E-state index in [1.807, 2.05) is 24.3 Å². The number of benzene rings is 2. The Balaban J connectivity index is 1.60. The molecule has 1 unspecified atom stereocenters. The van der Waals surface area contributed by atoms with Crippen molar-refractivity contribution in [3.8, 4) is 5.75 Å².